The summed E-state index contributed by atoms with van der Waals surface area (Å²) in [5.41, 5.74) is 2.37. The third kappa shape index (κ3) is 4.75. The van der Waals surface area contributed by atoms with Gasteiger partial charge in [0.2, 0.25) is 0 Å². The SMILES string of the molecule is COc1ccc(CNc2nccc3c(NCC45CC(COS(C)(=O)=O)(C4)C5)cccc23)c(OC)c1. The molecule has 3 aliphatic rings. The fourth-order valence-corrected chi connectivity index (χ4v) is 6.23. The number of nitrogens with one attached hydrogen (secondary N) is 2. The summed E-state index contributed by atoms with van der Waals surface area (Å²) in [7, 11) is -0.0940. The molecule has 3 aliphatic carbocycles. The summed E-state index contributed by atoms with van der Waals surface area (Å²) in [6.07, 6.45) is 5.95. The summed E-state index contributed by atoms with van der Waals surface area (Å²) in [6.45, 7) is 1.74. The highest BCUT2D eigenvalue weighted by atomic mass is 32.2. The van der Waals surface area contributed by atoms with E-state index in [-0.39, 0.29) is 10.8 Å². The van der Waals surface area contributed by atoms with Gasteiger partial charge in [-0.1, -0.05) is 12.1 Å². The van der Waals surface area contributed by atoms with Gasteiger partial charge in [0.25, 0.3) is 10.1 Å². The second-order valence-corrected chi connectivity index (χ2v) is 11.6. The molecular formula is C26H31N3O5S. The fourth-order valence-electron chi connectivity index (χ4n) is 5.77. The molecule has 0 spiro atoms. The highest BCUT2D eigenvalue weighted by Crippen LogP contribution is 2.73. The average molecular weight is 498 g/mol. The van der Waals surface area contributed by atoms with Crippen LogP contribution in [0.15, 0.2) is 48.7 Å². The maximum absolute atomic E-state index is 11.3. The van der Waals surface area contributed by atoms with Crippen molar-refractivity contribution < 1.29 is 22.1 Å². The van der Waals surface area contributed by atoms with Crippen LogP contribution in [-0.4, -0.2) is 47.0 Å². The summed E-state index contributed by atoms with van der Waals surface area (Å²) in [5, 5.41) is 9.24. The first-order chi connectivity index (χ1) is 16.7. The van der Waals surface area contributed by atoms with Crippen molar-refractivity contribution in [2.24, 2.45) is 10.8 Å². The number of hydrogen-bond donors (Lipinski definition) is 2. The van der Waals surface area contributed by atoms with Crippen molar-refractivity contribution in [2.45, 2.75) is 25.8 Å². The molecule has 2 aromatic carbocycles. The molecule has 0 saturated heterocycles. The minimum atomic E-state index is -3.38. The molecule has 0 radical (unpaired) electrons. The average Bonchev–Trinajstić information content (AvgIpc) is 2.80. The number of rotatable bonds is 11. The molecular weight excluding hydrogens is 466 g/mol. The Bertz CT molecular complexity index is 1340. The van der Waals surface area contributed by atoms with Crippen LogP contribution >= 0.6 is 0 Å². The van der Waals surface area contributed by atoms with E-state index < -0.39 is 10.1 Å². The molecule has 8 nitrogen and oxygen atoms in total. The van der Waals surface area contributed by atoms with E-state index in [1.54, 1.807) is 14.2 Å². The van der Waals surface area contributed by atoms with E-state index in [4.69, 9.17) is 13.7 Å². The Hall–Kier alpha value is -3.04. The van der Waals surface area contributed by atoms with Crippen LogP contribution in [0.1, 0.15) is 24.8 Å². The van der Waals surface area contributed by atoms with Gasteiger partial charge in [-0.05, 0) is 54.4 Å². The van der Waals surface area contributed by atoms with E-state index in [0.717, 1.165) is 71.4 Å². The van der Waals surface area contributed by atoms with Gasteiger partial charge in [-0.25, -0.2) is 4.98 Å². The number of benzene rings is 2. The number of pyridine rings is 1. The Labute approximate surface area is 206 Å². The van der Waals surface area contributed by atoms with Gasteiger partial charge in [0.05, 0.1) is 27.1 Å². The molecule has 2 N–H and O–H groups in total. The van der Waals surface area contributed by atoms with Gasteiger partial charge in [-0.3, -0.25) is 4.18 Å². The monoisotopic (exact) mass is 497 g/mol. The maximum atomic E-state index is 11.3. The lowest BCUT2D eigenvalue weighted by molar-refractivity contribution is -0.208. The molecule has 6 rings (SSSR count). The van der Waals surface area contributed by atoms with Gasteiger partial charge in [0.15, 0.2) is 0 Å². The topological polar surface area (TPSA) is 98.8 Å². The molecule has 3 fully saturated rings. The summed E-state index contributed by atoms with van der Waals surface area (Å²) in [4.78, 5) is 4.58. The van der Waals surface area contributed by atoms with Gasteiger partial charge < -0.3 is 20.1 Å². The predicted molar refractivity (Wildman–Crippen MR) is 137 cm³/mol. The number of methoxy groups -OCH3 is 2. The van der Waals surface area contributed by atoms with E-state index in [0.29, 0.717) is 13.2 Å². The highest BCUT2D eigenvalue weighted by molar-refractivity contribution is 7.85. The normalized spacial score (nSPS) is 22.7. The third-order valence-corrected chi connectivity index (χ3v) is 7.78. The Morgan fingerprint density at radius 1 is 0.971 bits per heavy atom. The third-order valence-electron chi connectivity index (χ3n) is 7.23. The number of anilines is 2. The second kappa shape index (κ2) is 8.87. The lowest BCUT2D eigenvalue weighted by Crippen LogP contribution is -2.66. The summed E-state index contributed by atoms with van der Waals surface area (Å²) in [6, 6.07) is 14.0. The van der Waals surface area contributed by atoms with Crippen LogP contribution in [0.4, 0.5) is 11.5 Å². The zero-order valence-electron chi connectivity index (χ0n) is 20.3. The highest BCUT2D eigenvalue weighted by Gasteiger charge is 2.67. The molecule has 3 aromatic rings. The van der Waals surface area contributed by atoms with Gasteiger partial charge in [0.1, 0.15) is 17.3 Å². The molecule has 35 heavy (non-hydrogen) atoms. The van der Waals surface area contributed by atoms with E-state index >= 15 is 0 Å². The van der Waals surface area contributed by atoms with Crippen molar-refractivity contribution >= 4 is 32.4 Å². The van der Waals surface area contributed by atoms with Crippen LogP contribution in [0.25, 0.3) is 10.8 Å². The Morgan fingerprint density at radius 2 is 1.77 bits per heavy atom. The number of nitrogens with zero attached hydrogens (tertiary/aromatic N) is 1. The first kappa shape index (κ1) is 23.7. The lowest BCUT2D eigenvalue weighted by atomic mass is 9.35. The summed E-state index contributed by atoms with van der Waals surface area (Å²) >= 11 is 0. The van der Waals surface area contributed by atoms with Crippen LogP contribution in [-0.2, 0) is 20.8 Å². The predicted octanol–water partition coefficient (Wildman–Crippen LogP) is 4.42. The minimum Gasteiger partial charge on any atom is -0.497 e. The Morgan fingerprint density at radius 3 is 2.49 bits per heavy atom. The molecule has 0 atom stereocenters. The lowest BCUT2D eigenvalue weighted by Gasteiger charge is -2.70. The van der Waals surface area contributed by atoms with Gasteiger partial charge in [-0.15, -0.1) is 0 Å². The Balaban J connectivity index is 1.25. The van der Waals surface area contributed by atoms with Crippen molar-refractivity contribution in [2.75, 3.05) is 44.3 Å². The van der Waals surface area contributed by atoms with E-state index in [1.807, 2.05) is 36.5 Å². The smallest absolute Gasteiger partial charge is 0.264 e. The summed E-state index contributed by atoms with van der Waals surface area (Å²) in [5.74, 6) is 2.33. The molecule has 0 unspecified atom stereocenters. The zero-order chi connectivity index (χ0) is 24.7. The molecule has 1 aromatic heterocycles. The molecule has 186 valence electrons. The Kier molecular flexibility index (Phi) is 6.01. The van der Waals surface area contributed by atoms with Crippen LogP contribution in [0.2, 0.25) is 0 Å². The second-order valence-electron chi connectivity index (χ2n) is 9.94. The number of fused-ring (bicyclic) bond motifs is 1. The van der Waals surface area contributed by atoms with Crippen LogP contribution in [0.5, 0.6) is 11.5 Å². The molecule has 0 aliphatic heterocycles. The number of ether oxygens (including phenoxy) is 2. The quantitative estimate of drug-likeness (QED) is 0.376. The molecule has 0 amide bonds. The van der Waals surface area contributed by atoms with Crippen molar-refractivity contribution in [3.63, 3.8) is 0 Å². The first-order valence-corrected chi connectivity index (χ1v) is 13.5. The molecule has 1 heterocycles. The van der Waals surface area contributed by atoms with Crippen LogP contribution < -0.4 is 20.1 Å². The molecule has 9 heteroatoms. The van der Waals surface area contributed by atoms with E-state index in [2.05, 4.69) is 27.8 Å². The number of hydrogen-bond acceptors (Lipinski definition) is 8. The van der Waals surface area contributed by atoms with Crippen molar-refractivity contribution in [1.82, 2.24) is 4.98 Å². The summed E-state index contributed by atoms with van der Waals surface area (Å²) < 4.78 is 38.5. The van der Waals surface area contributed by atoms with Gasteiger partial charge in [0, 0.05) is 47.4 Å². The number of aromatic nitrogens is 1. The van der Waals surface area contributed by atoms with Crippen molar-refractivity contribution in [3.8, 4) is 11.5 Å². The van der Waals surface area contributed by atoms with Gasteiger partial charge >= 0.3 is 0 Å². The minimum absolute atomic E-state index is 0.0486. The van der Waals surface area contributed by atoms with Gasteiger partial charge in [-0.2, -0.15) is 8.42 Å². The van der Waals surface area contributed by atoms with E-state index in [9.17, 15) is 8.42 Å². The van der Waals surface area contributed by atoms with Crippen molar-refractivity contribution in [1.29, 1.82) is 0 Å². The standard InChI is InChI=1S/C26H31N3O5S/c1-32-19-8-7-18(23(11-19)33-2)12-28-24-21-5-4-6-22(20(21)9-10-27-24)29-16-25-13-26(14-25,15-25)17-34-35(3,30)31/h4-11,29H,12-17H2,1-3H3,(H,27,28). The fraction of sp³-hybridized carbons (Fsp3) is 0.423. The molecule has 3 saturated carbocycles. The van der Waals surface area contributed by atoms with Crippen LogP contribution in [0.3, 0.4) is 0 Å². The maximum Gasteiger partial charge on any atom is 0.264 e. The largest absolute Gasteiger partial charge is 0.497 e. The zero-order valence-corrected chi connectivity index (χ0v) is 21.1. The molecule has 2 bridgehead atoms. The van der Waals surface area contributed by atoms with E-state index in [1.165, 1.54) is 0 Å². The first-order valence-electron chi connectivity index (χ1n) is 11.6. The van der Waals surface area contributed by atoms with Crippen LogP contribution in [0, 0.1) is 10.8 Å². The van der Waals surface area contributed by atoms with Crippen molar-refractivity contribution in [3.05, 3.63) is 54.2 Å².